The number of likely N-dealkylation sites (tertiary alicyclic amines) is 3. The summed E-state index contributed by atoms with van der Waals surface area (Å²) in [6.45, 7) is 7.20. The Morgan fingerprint density at radius 3 is 2.33 bits per heavy atom. The van der Waals surface area contributed by atoms with Crippen molar-refractivity contribution < 1.29 is 41.9 Å². The number of benzene rings is 4. The summed E-state index contributed by atoms with van der Waals surface area (Å²) in [7, 11) is 0. The summed E-state index contributed by atoms with van der Waals surface area (Å²) >= 11 is 0. The fourth-order valence-corrected chi connectivity index (χ4v) is 12.4. The maximum atomic E-state index is 13.4. The summed E-state index contributed by atoms with van der Waals surface area (Å²) in [6.07, 6.45) is 6.51. The van der Waals surface area contributed by atoms with E-state index in [0.29, 0.717) is 97.7 Å². The predicted molar refractivity (Wildman–Crippen MR) is 309 cm³/mol. The minimum Gasteiger partial charge on any atom is -0.406 e. The summed E-state index contributed by atoms with van der Waals surface area (Å²) in [5, 5.41) is 9.39. The fraction of sp³-hybridized carbons (Fsp3) is 0.413. The van der Waals surface area contributed by atoms with Crippen molar-refractivity contribution in [2.75, 3.05) is 74.9 Å². The summed E-state index contributed by atoms with van der Waals surface area (Å²) in [6, 6.07) is 27.0. The Morgan fingerprint density at radius 1 is 0.807 bits per heavy atom. The second kappa shape index (κ2) is 25.1. The first-order valence-electron chi connectivity index (χ1n) is 28.9. The second-order valence-corrected chi connectivity index (χ2v) is 22.4. The van der Waals surface area contributed by atoms with E-state index in [1.807, 2.05) is 65.4 Å². The third-order valence-electron chi connectivity index (χ3n) is 17.0. The average molecular weight is 1130 g/mol. The van der Waals surface area contributed by atoms with Gasteiger partial charge in [-0.3, -0.25) is 34.2 Å². The molecule has 4 aromatic carbocycles. The van der Waals surface area contributed by atoms with Crippen molar-refractivity contribution in [3.63, 3.8) is 0 Å². The number of alkyl halides is 3. The molecule has 2 aromatic heterocycles. The number of imide groups is 1. The standard InChI is InChI=1S/C63H68F3N11O6/c64-63(65,66)83-51-4-1-3-43(35-51)36-56(79)77-34-23-48-37-47(13-17-54(48)77)52-38-76(60-58(52)59(67)69-40-70-60)27-2-26-68-61(81)46-9-7-41(8-10-46)5-6-42-19-30-74(31-20-42)50-24-32-75(33-25-50)57(80)39-73-28-21-45(22-29-73)44-11-14-49(15-12-44)71-53-16-18-55(78)72-62(53)82/h1,3-4,7-15,17,35,37-38,40,42,45,50,53,71H,2,16,18-34,36,39H2,(H,68,81)(H2,67,69,70)(H,72,78,82). The number of aryl methyl sites for hydroxylation is 1. The van der Waals surface area contributed by atoms with Crippen LogP contribution in [0.15, 0.2) is 104 Å². The molecule has 1 unspecified atom stereocenters. The number of nitrogens with one attached hydrogen (secondary N) is 3. The largest absolute Gasteiger partial charge is 0.573 e. The average Bonchev–Trinajstić information content (AvgIpc) is 3.03. The summed E-state index contributed by atoms with van der Waals surface area (Å²) in [5.41, 5.74) is 14.5. The first-order chi connectivity index (χ1) is 40.2. The molecule has 7 heterocycles. The van der Waals surface area contributed by atoms with Crippen LogP contribution in [-0.2, 0) is 38.6 Å². The number of piperidine rings is 4. The molecule has 17 nitrogen and oxygen atoms in total. The lowest BCUT2D eigenvalue weighted by molar-refractivity contribution is -0.274. The van der Waals surface area contributed by atoms with Crippen LogP contribution >= 0.6 is 0 Å². The highest BCUT2D eigenvalue weighted by atomic mass is 19.4. The number of fused-ring (bicyclic) bond motifs is 2. The third kappa shape index (κ3) is 13.8. The van der Waals surface area contributed by atoms with E-state index in [0.717, 1.165) is 111 Å². The maximum absolute atomic E-state index is 13.4. The highest BCUT2D eigenvalue weighted by Crippen LogP contribution is 2.38. The molecule has 6 aromatic rings. The van der Waals surface area contributed by atoms with Gasteiger partial charge in [0.1, 0.15) is 29.6 Å². The molecule has 5 aliphatic rings. The Labute approximate surface area is 480 Å². The van der Waals surface area contributed by atoms with Crippen molar-refractivity contribution in [1.29, 1.82) is 0 Å². The molecule has 20 heteroatoms. The lowest BCUT2D eigenvalue weighted by Crippen LogP contribution is -2.51. The van der Waals surface area contributed by atoms with Crippen LogP contribution in [-0.4, -0.2) is 136 Å². The zero-order valence-corrected chi connectivity index (χ0v) is 46.3. The van der Waals surface area contributed by atoms with E-state index < -0.39 is 12.4 Å². The van der Waals surface area contributed by atoms with Crippen molar-refractivity contribution in [3.8, 4) is 28.7 Å². The molecule has 0 radical (unpaired) electrons. The molecular weight excluding hydrogens is 1060 g/mol. The van der Waals surface area contributed by atoms with E-state index in [2.05, 4.69) is 69.3 Å². The molecule has 5 aliphatic heterocycles. The second-order valence-electron chi connectivity index (χ2n) is 22.4. The third-order valence-corrected chi connectivity index (χ3v) is 17.0. The van der Waals surface area contributed by atoms with Gasteiger partial charge in [0, 0.05) is 85.4 Å². The summed E-state index contributed by atoms with van der Waals surface area (Å²) in [4.78, 5) is 81.2. The van der Waals surface area contributed by atoms with Gasteiger partial charge in [-0.25, -0.2) is 9.97 Å². The van der Waals surface area contributed by atoms with Gasteiger partial charge < -0.3 is 40.4 Å². The SMILES string of the molecule is Nc1ncnc2c1c(-c1ccc3c(c1)CCN3C(=O)Cc1cccc(OC(F)(F)F)c1)cn2CCCNC(=O)c1ccc(C#CC2CCN(C3CCN(C(=O)CN4CCC(c5ccc(NC6CCC(=O)NC6=O)cc5)CC4)CC3)CC2)cc1. The topological polar surface area (TPSA) is 200 Å². The molecular formula is C63H68F3N11O6. The minimum absolute atomic E-state index is 0.0856. The molecule has 83 heavy (non-hydrogen) atoms. The van der Waals surface area contributed by atoms with Gasteiger partial charge in [-0.15, -0.1) is 13.2 Å². The minimum atomic E-state index is -4.83. The van der Waals surface area contributed by atoms with Crippen LogP contribution in [0.2, 0.25) is 0 Å². The number of nitrogens with zero attached hydrogens (tertiary/aromatic N) is 7. The first kappa shape index (κ1) is 56.6. The molecule has 432 valence electrons. The number of aromatic nitrogens is 3. The van der Waals surface area contributed by atoms with Crippen LogP contribution in [0.25, 0.3) is 22.2 Å². The number of carbonyl (C=O) groups is 5. The van der Waals surface area contributed by atoms with Crippen molar-refractivity contribution in [1.82, 2.24) is 39.9 Å². The van der Waals surface area contributed by atoms with Crippen molar-refractivity contribution in [2.24, 2.45) is 5.92 Å². The van der Waals surface area contributed by atoms with E-state index >= 15 is 0 Å². The number of halogens is 3. The molecule has 5 amide bonds. The highest BCUT2D eigenvalue weighted by molar-refractivity contribution is 6.03. The van der Waals surface area contributed by atoms with Crippen LogP contribution in [0.1, 0.15) is 96.3 Å². The molecule has 11 rings (SSSR count). The Balaban J connectivity index is 0.587. The van der Waals surface area contributed by atoms with Crippen LogP contribution in [0, 0.1) is 17.8 Å². The van der Waals surface area contributed by atoms with Gasteiger partial charge in [0.2, 0.25) is 23.6 Å². The van der Waals surface area contributed by atoms with Crippen molar-refractivity contribution in [3.05, 3.63) is 131 Å². The van der Waals surface area contributed by atoms with Crippen LogP contribution in [0.3, 0.4) is 0 Å². The Kier molecular flexibility index (Phi) is 17.1. The quantitative estimate of drug-likeness (QED) is 0.0445. The Bertz CT molecular complexity index is 3430. The number of amides is 5. The Morgan fingerprint density at radius 2 is 1.58 bits per heavy atom. The number of carbonyl (C=O) groups excluding carboxylic acids is 5. The van der Waals surface area contributed by atoms with Crippen LogP contribution in [0.5, 0.6) is 5.75 Å². The normalized spacial score (nSPS) is 18.6. The van der Waals surface area contributed by atoms with Gasteiger partial charge in [0.05, 0.1) is 18.4 Å². The van der Waals surface area contributed by atoms with Gasteiger partial charge in [0.25, 0.3) is 5.91 Å². The van der Waals surface area contributed by atoms with Gasteiger partial charge in [-0.1, -0.05) is 42.2 Å². The van der Waals surface area contributed by atoms with Crippen LogP contribution < -0.4 is 31.3 Å². The predicted octanol–water partition coefficient (Wildman–Crippen LogP) is 7.68. The van der Waals surface area contributed by atoms with Gasteiger partial charge in [0.15, 0.2) is 0 Å². The molecule has 0 aliphatic carbocycles. The lowest BCUT2D eigenvalue weighted by atomic mass is 9.89. The molecule has 0 saturated carbocycles. The van der Waals surface area contributed by atoms with Gasteiger partial charge in [-0.2, -0.15) is 0 Å². The van der Waals surface area contributed by atoms with E-state index in [1.165, 1.54) is 30.1 Å². The molecule has 4 saturated heterocycles. The van der Waals surface area contributed by atoms with E-state index in [-0.39, 0.29) is 41.7 Å². The number of hydrogen-bond donors (Lipinski definition) is 4. The summed E-state index contributed by atoms with van der Waals surface area (Å²) in [5.74, 6) is 6.85. The van der Waals surface area contributed by atoms with Gasteiger partial charge in [-0.05, 0) is 173 Å². The zero-order chi connectivity index (χ0) is 57.6. The molecule has 0 bridgehead atoms. The van der Waals surface area contributed by atoms with Crippen molar-refractivity contribution >= 4 is 57.8 Å². The number of hydrogen-bond acceptors (Lipinski definition) is 12. The monoisotopic (exact) mass is 1130 g/mol. The lowest BCUT2D eigenvalue weighted by Gasteiger charge is -2.41. The fourth-order valence-electron chi connectivity index (χ4n) is 12.4. The molecule has 4 fully saturated rings. The first-order valence-corrected chi connectivity index (χ1v) is 28.9. The van der Waals surface area contributed by atoms with Crippen LogP contribution in [0.4, 0.5) is 30.4 Å². The molecule has 1 atom stereocenters. The van der Waals surface area contributed by atoms with Crippen molar-refractivity contribution in [2.45, 2.75) is 102 Å². The zero-order valence-electron chi connectivity index (χ0n) is 46.3. The number of nitrogens with two attached hydrogens (primary N) is 1. The highest BCUT2D eigenvalue weighted by Gasteiger charge is 2.34. The van der Waals surface area contributed by atoms with E-state index in [1.54, 1.807) is 11.0 Å². The number of rotatable bonds is 15. The van der Waals surface area contributed by atoms with E-state index in [9.17, 15) is 37.1 Å². The summed E-state index contributed by atoms with van der Waals surface area (Å²) < 4.78 is 44.5. The van der Waals surface area contributed by atoms with E-state index in [4.69, 9.17) is 5.73 Å². The molecule has 5 N–H and O–H groups in total. The maximum Gasteiger partial charge on any atom is 0.573 e. The number of anilines is 3. The Hall–Kier alpha value is -8.28. The number of nitrogen functional groups attached to an aromatic ring is 1. The number of ether oxygens (including phenoxy) is 1. The molecule has 0 spiro atoms. The smallest absolute Gasteiger partial charge is 0.406 e. The van der Waals surface area contributed by atoms with Gasteiger partial charge >= 0.3 is 6.36 Å².